The molecular formula is C11H14O2. The second-order valence-electron chi connectivity index (χ2n) is 3.23. The van der Waals surface area contributed by atoms with Crippen molar-refractivity contribution in [1.82, 2.24) is 0 Å². The molecule has 1 aromatic carbocycles. The van der Waals surface area contributed by atoms with Gasteiger partial charge in [-0.1, -0.05) is 6.92 Å². The summed E-state index contributed by atoms with van der Waals surface area (Å²) in [5.74, 6) is 0.380. The fraction of sp³-hybridized carbons (Fsp3) is 0.364. The molecule has 0 radical (unpaired) electrons. The Morgan fingerprint density at radius 1 is 1.31 bits per heavy atom. The van der Waals surface area contributed by atoms with E-state index in [0.29, 0.717) is 6.42 Å². The first-order valence-corrected chi connectivity index (χ1v) is 4.39. The Morgan fingerprint density at radius 3 is 2.46 bits per heavy atom. The van der Waals surface area contributed by atoms with Gasteiger partial charge in [-0.25, -0.2) is 0 Å². The highest BCUT2D eigenvalue weighted by Crippen LogP contribution is 2.22. The van der Waals surface area contributed by atoms with Crippen LogP contribution in [0.5, 0.6) is 5.75 Å². The van der Waals surface area contributed by atoms with Gasteiger partial charge in [-0.3, -0.25) is 4.79 Å². The maximum Gasteiger partial charge on any atom is 0.162 e. The van der Waals surface area contributed by atoms with Crippen LogP contribution in [0.1, 0.15) is 34.8 Å². The van der Waals surface area contributed by atoms with Gasteiger partial charge < -0.3 is 5.11 Å². The van der Waals surface area contributed by atoms with Crippen LogP contribution in [0.4, 0.5) is 0 Å². The van der Waals surface area contributed by atoms with E-state index in [1.54, 1.807) is 19.1 Å². The lowest BCUT2D eigenvalue weighted by Gasteiger charge is -2.06. The number of hydrogen-bond acceptors (Lipinski definition) is 2. The van der Waals surface area contributed by atoms with Crippen molar-refractivity contribution in [3.63, 3.8) is 0 Å². The van der Waals surface area contributed by atoms with Gasteiger partial charge in [-0.2, -0.15) is 0 Å². The molecule has 0 heterocycles. The average molecular weight is 178 g/mol. The molecule has 0 aliphatic carbocycles. The SMILES string of the molecule is CCC(=O)c1cc(C)c(O)cc1C. The molecule has 0 fully saturated rings. The van der Waals surface area contributed by atoms with Crippen LogP contribution in [0.25, 0.3) is 0 Å². The number of phenols is 1. The van der Waals surface area contributed by atoms with Gasteiger partial charge in [0.25, 0.3) is 0 Å². The number of benzene rings is 1. The molecule has 0 aliphatic heterocycles. The second kappa shape index (κ2) is 3.60. The molecule has 0 atom stereocenters. The van der Waals surface area contributed by atoms with Crippen molar-refractivity contribution in [1.29, 1.82) is 0 Å². The van der Waals surface area contributed by atoms with Crippen molar-refractivity contribution in [2.45, 2.75) is 27.2 Å². The van der Waals surface area contributed by atoms with E-state index in [2.05, 4.69) is 0 Å². The van der Waals surface area contributed by atoms with Crippen LogP contribution in [0, 0.1) is 13.8 Å². The Balaban J connectivity index is 3.23. The van der Waals surface area contributed by atoms with Crippen molar-refractivity contribution < 1.29 is 9.90 Å². The topological polar surface area (TPSA) is 37.3 Å². The van der Waals surface area contributed by atoms with Crippen LogP contribution in [0.15, 0.2) is 12.1 Å². The molecular weight excluding hydrogens is 164 g/mol. The van der Waals surface area contributed by atoms with E-state index in [9.17, 15) is 9.90 Å². The molecule has 0 unspecified atom stereocenters. The number of carbonyl (C=O) groups excluding carboxylic acids is 1. The Bertz CT molecular complexity index is 340. The summed E-state index contributed by atoms with van der Waals surface area (Å²) in [6, 6.07) is 3.38. The predicted molar refractivity (Wildman–Crippen MR) is 52.2 cm³/mol. The lowest BCUT2D eigenvalue weighted by molar-refractivity contribution is 0.0987. The highest BCUT2D eigenvalue weighted by atomic mass is 16.3. The number of Topliss-reactive ketones (excluding diaryl/α,β-unsaturated/α-hetero) is 1. The predicted octanol–water partition coefficient (Wildman–Crippen LogP) is 2.60. The third kappa shape index (κ3) is 1.89. The highest BCUT2D eigenvalue weighted by Gasteiger charge is 2.08. The Labute approximate surface area is 78.2 Å². The fourth-order valence-corrected chi connectivity index (χ4v) is 1.29. The number of hydrogen-bond donors (Lipinski definition) is 1. The molecule has 0 aliphatic rings. The molecule has 0 aromatic heterocycles. The van der Waals surface area contributed by atoms with Gasteiger partial charge in [-0.05, 0) is 37.1 Å². The van der Waals surface area contributed by atoms with Gasteiger partial charge in [-0.15, -0.1) is 0 Å². The van der Waals surface area contributed by atoms with E-state index >= 15 is 0 Å². The van der Waals surface area contributed by atoms with Crippen LogP contribution in [0.3, 0.4) is 0 Å². The number of carbonyl (C=O) groups is 1. The molecule has 0 bridgehead atoms. The van der Waals surface area contributed by atoms with E-state index in [4.69, 9.17) is 0 Å². The maximum absolute atomic E-state index is 11.4. The summed E-state index contributed by atoms with van der Waals surface area (Å²) < 4.78 is 0. The van der Waals surface area contributed by atoms with E-state index in [1.165, 1.54) is 0 Å². The first-order valence-electron chi connectivity index (χ1n) is 4.39. The minimum Gasteiger partial charge on any atom is -0.508 e. The second-order valence-corrected chi connectivity index (χ2v) is 3.23. The summed E-state index contributed by atoms with van der Waals surface area (Å²) in [5, 5.41) is 9.37. The third-order valence-electron chi connectivity index (χ3n) is 2.16. The van der Waals surface area contributed by atoms with Crippen LogP contribution < -0.4 is 0 Å². The summed E-state index contributed by atoms with van der Waals surface area (Å²) >= 11 is 0. The normalized spacial score (nSPS) is 10.1. The van der Waals surface area contributed by atoms with Crippen molar-refractivity contribution >= 4 is 5.78 Å². The van der Waals surface area contributed by atoms with Crippen molar-refractivity contribution in [2.75, 3.05) is 0 Å². The monoisotopic (exact) mass is 178 g/mol. The zero-order valence-corrected chi connectivity index (χ0v) is 8.22. The molecule has 1 aromatic rings. The molecule has 70 valence electrons. The molecule has 2 nitrogen and oxygen atoms in total. The lowest BCUT2D eigenvalue weighted by atomic mass is 10.00. The minimum atomic E-state index is 0.126. The van der Waals surface area contributed by atoms with Crippen LogP contribution >= 0.6 is 0 Å². The minimum absolute atomic E-state index is 0.126. The Kier molecular flexibility index (Phi) is 2.71. The smallest absolute Gasteiger partial charge is 0.162 e. The van der Waals surface area contributed by atoms with Crippen molar-refractivity contribution in [3.05, 3.63) is 28.8 Å². The molecule has 0 spiro atoms. The van der Waals surface area contributed by atoms with Gasteiger partial charge in [0.1, 0.15) is 5.75 Å². The fourth-order valence-electron chi connectivity index (χ4n) is 1.29. The summed E-state index contributed by atoms with van der Waals surface area (Å²) in [4.78, 5) is 11.4. The van der Waals surface area contributed by atoms with Crippen LogP contribution in [-0.2, 0) is 0 Å². The molecule has 2 heteroatoms. The summed E-state index contributed by atoms with van der Waals surface area (Å²) in [7, 11) is 0. The van der Waals surface area contributed by atoms with Crippen molar-refractivity contribution in [2.24, 2.45) is 0 Å². The van der Waals surface area contributed by atoms with E-state index in [-0.39, 0.29) is 11.5 Å². The number of aryl methyl sites for hydroxylation is 2. The highest BCUT2D eigenvalue weighted by molar-refractivity contribution is 5.97. The quantitative estimate of drug-likeness (QED) is 0.707. The number of aromatic hydroxyl groups is 1. The van der Waals surface area contributed by atoms with E-state index < -0.39 is 0 Å². The summed E-state index contributed by atoms with van der Waals surface area (Å²) in [6.45, 7) is 5.47. The van der Waals surface area contributed by atoms with Gasteiger partial charge in [0.05, 0.1) is 0 Å². The lowest BCUT2D eigenvalue weighted by Crippen LogP contribution is -2.00. The summed E-state index contributed by atoms with van der Waals surface area (Å²) in [5.41, 5.74) is 2.31. The number of ketones is 1. The zero-order valence-electron chi connectivity index (χ0n) is 8.22. The maximum atomic E-state index is 11.4. The molecule has 13 heavy (non-hydrogen) atoms. The van der Waals surface area contributed by atoms with Crippen molar-refractivity contribution in [3.8, 4) is 5.75 Å². The van der Waals surface area contributed by atoms with Gasteiger partial charge >= 0.3 is 0 Å². The largest absolute Gasteiger partial charge is 0.508 e. The Morgan fingerprint density at radius 2 is 1.92 bits per heavy atom. The molecule has 0 saturated heterocycles. The third-order valence-corrected chi connectivity index (χ3v) is 2.16. The molecule has 0 amide bonds. The van der Waals surface area contributed by atoms with Crippen LogP contribution in [0.2, 0.25) is 0 Å². The van der Waals surface area contributed by atoms with E-state index in [1.807, 2.05) is 13.8 Å². The molecule has 1 rings (SSSR count). The standard InChI is InChI=1S/C11H14O2/c1-4-10(12)9-5-8(3)11(13)6-7(9)2/h5-6,13H,4H2,1-3H3. The molecule has 1 N–H and O–H groups in total. The summed E-state index contributed by atoms with van der Waals surface area (Å²) in [6.07, 6.45) is 0.505. The number of phenolic OH excluding ortho intramolecular Hbond substituents is 1. The first kappa shape index (κ1) is 9.78. The number of rotatable bonds is 2. The van der Waals surface area contributed by atoms with Gasteiger partial charge in [0, 0.05) is 12.0 Å². The molecule has 0 saturated carbocycles. The van der Waals surface area contributed by atoms with Gasteiger partial charge in [0.2, 0.25) is 0 Å². The zero-order chi connectivity index (χ0) is 10.0. The van der Waals surface area contributed by atoms with E-state index in [0.717, 1.165) is 16.7 Å². The first-order chi connectivity index (χ1) is 6.06. The van der Waals surface area contributed by atoms with Crippen LogP contribution in [-0.4, -0.2) is 10.9 Å². The average Bonchev–Trinajstić information content (AvgIpc) is 2.10. The van der Waals surface area contributed by atoms with Gasteiger partial charge in [0.15, 0.2) is 5.78 Å². The Hall–Kier alpha value is -1.31.